The van der Waals surface area contributed by atoms with E-state index >= 15 is 0 Å². The topological polar surface area (TPSA) is 35.5 Å². The lowest BCUT2D eigenvalue weighted by Gasteiger charge is -2.14. The van der Waals surface area contributed by atoms with Crippen LogP contribution in [0.2, 0.25) is 0 Å². The molecule has 0 amide bonds. The molecule has 0 bridgehead atoms. The minimum atomic E-state index is -0.352. The van der Waals surface area contributed by atoms with Gasteiger partial charge in [-0.15, -0.1) is 0 Å². The second-order valence-corrected chi connectivity index (χ2v) is 9.17. The van der Waals surface area contributed by atoms with Crippen LogP contribution in [0, 0.1) is 0 Å². The maximum atomic E-state index is 12.5. The molecule has 0 saturated carbocycles. The standard InChI is InChI=1S/C31H40O3/c1-2-3-4-5-6-7-8-9-10-14-25-33-29-21-19-28(20-22-29)31(32)34-30-23-17-27(18-24-30)26-15-12-11-13-16-26/h11-13,15,17-24,26H,2-10,14,16,25H2,1H3. The summed E-state index contributed by atoms with van der Waals surface area (Å²) in [7, 11) is 0. The molecule has 2 aromatic rings. The van der Waals surface area contributed by atoms with Crippen molar-refractivity contribution in [3.05, 3.63) is 84.0 Å². The molecule has 3 heteroatoms. The quantitative estimate of drug-likeness (QED) is 0.151. The van der Waals surface area contributed by atoms with Gasteiger partial charge in [-0.1, -0.05) is 101 Å². The summed E-state index contributed by atoms with van der Waals surface area (Å²) in [5, 5.41) is 0. The monoisotopic (exact) mass is 460 g/mol. The van der Waals surface area contributed by atoms with Crippen molar-refractivity contribution >= 4 is 5.97 Å². The number of benzene rings is 2. The lowest BCUT2D eigenvalue weighted by atomic mass is 9.93. The predicted molar refractivity (Wildman–Crippen MR) is 141 cm³/mol. The highest BCUT2D eigenvalue weighted by molar-refractivity contribution is 5.91. The molecule has 34 heavy (non-hydrogen) atoms. The number of allylic oxidation sites excluding steroid dienone is 4. The summed E-state index contributed by atoms with van der Waals surface area (Å²) >= 11 is 0. The molecule has 0 heterocycles. The van der Waals surface area contributed by atoms with Gasteiger partial charge in [0.15, 0.2) is 0 Å². The van der Waals surface area contributed by atoms with Crippen LogP contribution in [0.4, 0.5) is 0 Å². The number of esters is 1. The molecular weight excluding hydrogens is 420 g/mol. The fourth-order valence-corrected chi connectivity index (χ4v) is 4.24. The molecular formula is C31H40O3. The molecule has 0 spiro atoms. The third kappa shape index (κ3) is 9.21. The van der Waals surface area contributed by atoms with E-state index in [2.05, 4.69) is 31.2 Å². The van der Waals surface area contributed by atoms with Crippen LogP contribution < -0.4 is 9.47 Å². The van der Waals surface area contributed by atoms with Gasteiger partial charge in [0.2, 0.25) is 0 Å². The van der Waals surface area contributed by atoms with E-state index in [-0.39, 0.29) is 5.97 Å². The molecule has 1 aliphatic carbocycles. The SMILES string of the molecule is CCCCCCCCCCCCOc1ccc(C(=O)Oc2ccc(C3C=CC=CC3)cc2)cc1. The normalized spacial score (nSPS) is 14.8. The van der Waals surface area contributed by atoms with E-state index in [1.807, 2.05) is 36.4 Å². The van der Waals surface area contributed by atoms with Crippen molar-refractivity contribution in [3.8, 4) is 11.5 Å². The smallest absolute Gasteiger partial charge is 0.343 e. The molecule has 1 unspecified atom stereocenters. The first-order valence-electron chi connectivity index (χ1n) is 13.1. The summed E-state index contributed by atoms with van der Waals surface area (Å²) < 4.78 is 11.4. The Bertz CT molecular complexity index is 893. The van der Waals surface area contributed by atoms with Gasteiger partial charge in [-0.25, -0.2) is 4.79 Å². The minimum absolute atomic E-state index is 0.352. The Balaban J connectivity index is 1.30. The Hall–Kier alpha value is -2.81. The first-order valence-corrected chi connectivity index (χ1v) is 13.1. The molecule has 3 nitrogen and oxygen atoms in total. The van der Waals surface area contributed by atoms with Gasteiger partial charge in [0.1, 0.15) is 11.5 Å². The fraction of sp³-hybridized carbons (Fsp3) is 0.452. The predicted octanol–water partition coefficient (Wildman–Crippen LogP) is 8.81. The number of rotatable bonds is 15. The number of carbonyl (C=O) groups excluding carboxylic acids is 1. The number of carbonyl (C=O) groups is 1. The van der Waals surface area contributed by atoms with Gasteiger partial charge in [-0.2, -0.15) is 0 Å². The van der Waals surface area contributed by atoms with E-state index in [1.165, 1.54) is 63.4 Å². The van der Waals surface area contributed by atoms with Gasteiger partial charge in [-0.05, 0) is 54.8 Å². The van der Waals surface area contributed by atoms with Crippen LogP contribution in [-0.4, -0.2) is 12.6 Å². The molecule has 1 aliphatic rings. The zero-order chi connectivity index (χ0) is 23.8. The minimum Gasteiger partial charge on any atom is -0.494 e. The largest absolute Gasteiger partial charge is 0.494 e. The molecule has 0 saturated heterocycles. The number of hydrogen-bond donors (Lipinski definition) is 0. The van der Waals surface area contributed by atoms with E-state index < -0.39 is 0 Å². The lowest BCUT2D eigenvalue weighted by Crippen LogP contribution is -2.08. The molecule has 0 N–H and O–H groups in total. The Morgan fingerprint density at radius 1 is 0.765 bits per heavy atom. The number of unbranched alkanes of at least 4 members (excludes halogenated alkanes) is 9. The van der Waals surface area contributed by atoms with Crippen molar-refractivity contribution in [1.82, 2.24) is 0 Å². The summed E-state index contributed by atoms with van der Waals surface area (Å²) in [4.78, 5) is 12.5. The maximum Gasteiger partial charge on any atom is 0.343 e. The second kappa shape index (κ2) is 15.2. The van der Waals surface area contributed by atoms with Crippen LogP contribution in [0.15, 0.2) is 72.8 Å². The van der Waals surface area contributed by atoms with Gasteiger partial charge >= 0.3 is 5.97 Å². The van der Waals surface area contributed by atoms with E-state index in [0.29, 0.717) is 17.2 Å². The highest BCUT2D eigenvalue weighted by Gasteiger charge is 2.11. The number of hydrogen-bond acceptors (Lipinski definition) is 3. The third-order valence-corrected chi connectivity index (χ3v) is 6.36. The van der Waals surface area contributed by atoms with Gasteiger partial charge in [-0.3, -0.25) is 0 Å². The van der Waals surface area contributed by atoms with Crippen LogP contribution in [0.25, 0.3) is 0 Å². The van der Waals surface area contributed by atoms with Gasteiger partial charge in [0.05, 0.1) is 12.2 Å². The molecule has 1 atom stereocenters. The van der Waals surface area contributed by atoms with Gasteiger partial charge < -0.3 is 9.47 Å². The van der Waals surface area contributed by atoms with Crippen LogP contribution in [0.1, 0.15) is 99.4 Å². The van der Waals surface area contributed by atoms with Crippen molar-refractivity contribution in [1.29, 1.82) is 0 Å². The van der Waals surface area contributed by atoms with Crippen molar-refractivity contribution in [3.63, 3.8) is 0 Å². The average Bonchev–Trinajstić information content (AvgIpc) is 2.88. The third-order valence-electron chi connectivity index (χ3n) is 6.36. The van der Waals surface area contributed by atoms with Crippen LogP contribution >= 0.6 is 0 Å². The molecule has 0 aromatic heterocycles. The van der Waals surface area contributed by atoms with Crippen molar-refractivity contribution < 1.29 is 14.3 Å². The van der Waals surface area contributed by atoms with Crippen molar-refractivity contribution in [2.45, 2.75) is 83.5 Å². The van der Waals surface area contributed by atoms with E-state index in [1.54, 1.807) is 12.1 Å². The highest BCUT2D eigenvalue weighted by atomic mass is 16.5. The van der Waals surface area contributed by atoms with Crippen molar-refractivity contribution in [2.24, 2.45) is 0 Å². The van der Waals surface area contributed by atoms with E-state index in [0.717, 1.165) is 25.2 Å². The lowest BCUT2D eigenvalue weighted by molar-refractivity contribution is 0.0734. The van der Waals surface area contributed by atoms with Gasteiger partial charge in [0.25, 0.3) is 0 Å². The molecule has 0 radical (unpaired) electrons. The van der Waals surface area contributed by atoms with Crippen molar-refractivity contribution in [2.75, 3.05) is 6.61 Å². The highest BCUT2D eigenvalue weighted by Crippen LogP contribution is 2.26. The second-order valence-electron chi connectivity index (χ2n) is 9.17. The fourth-order valence-electron chi connectivity index (χ4n) is 4.24. The molecule has 0 fully saturated rings. The first-order chi connectivity index (χ1) is 16.8. The molecule has 3 rings (SSSR count). The Kier molecular flexibility index (Phi) is 11.5. The van der Waals surface area contributed by atoms with E-state index in [4.69, 9.17) is 9.47 Å². The number of ether oxygens (including phenoxy) is 2. The summed E-state index contributed by atoms with van der Waals surface area (Å²) in [6.07, 6.45) is 22.7. The van der Waals surface area contributed by atoms with Crippen LogP contribution in [0.3, 0.4) is 0 Å². The zero-order valence-electron chi connectivity index (χ0n) is 20.7. The first kappa shape index (κ1) is 25.8. The maximum absolute atomic E-state index is 12.5. The summed E-state index contributed by atoms with van der Waals surface area (Å²) in [6.45, 7) is 2.98. The summed E-state index contributed by atoms with van der Waals surface area (Å²) in [5.41, 5.74) is 1.75. The van der Waals surface area contributed by atoms with Gasteiger partial charge in [0, 0.05) is 5.92 Å². The Morgan fingerprint density at radius 3 is 2.00 bits per heavy atom. The average molecular weight is 461 g/mol. The van der Waals surface area contributed by atoms with Crippen LogP contribution in [-0.2, 0) is 0 Å². The summed E-state index contributed by atoms with van der Waals surface area (Å²) in [6, 6.07) is 15.0. The van der Waals surface area contributed by atoms with E-state index in [9.17, 15) is 4.79 Å². The molecule has 2 aromatic carbocycles. The molecule has 0 aliphatic heterocycles. The Labute approximate surface area is 205 Å². The zero-order valence-corrected chi connectivity index (χ0v) is 20.7. The molecule has 182 valence electrons. The Morgan fingerprint density at radius 2 is 1.38 bits per heavy atom. The summed E-state index contributed by atoms with van der Waals surface area (Å²) in [5.74, 6) is 1.40. The van der Waals surface area contributed by atoms with Crippen LogP contribution in [0.5, 0.6) is 11.5 Å².